The smallest absolute Gasteiger partial charge is 0.306 e. The van der Waals surface area contributed by atoms with E-state index in [9.17, 15) is 19.0 Å². The lowest BCUT2D eigenvalue weighted by molar-refractivity contribution is -0.870. The van der Waals surface area contributed by atoms with Gasteiger partial charge in [0, 0.05) is 12.8 Å². The molecule has 302 valence electrons. The number of quaternary nitrogens is 1. The van der Waals surface area contributed by atoms with Crippen LogP contribution in [0.5, 0.6) is 0 Å². The molecule has 0 aromatic heterocycles. The second-order valence-corrected chi connectivity index (χ2v) is 16.8. The van der Waals surface area contributed by atoms with Gasteiger partial charge >= 0.3 is 11.9 Å². The summed E-state index contributed by atoms with van der Waals surface area (Å²) in [5, 5.41) is 0. The fraction of sp³-hybridized carbons (Fsp3) is 0.902. The maximum atomic E-state index is 12.6. The van der Waals surface area contributed by atoms with Crippen LogP contribution in [0, 0.1) is 0 Å². The van der Waals surface area contributed by atoms with E-state index < -0.39 is 26.5 Å². The molecule has 0 fully saturated rings. The first-order valence-electron chi connectivity index (χ1n) is 20.9. The zero-order valence-electron chi connectivity index (χ0n) is 33.8. The van der Waals surface area contributed by atoms with E-state index in [2.05, 4.69) is 26.0 Å². The van der Waals surface area contributed by atoms with Gasteiger partial charge in [0.2, 0.25) is 0 Å². The van der Waals surface area contributed by atoms with Crippen LogP contribution in [0.3, 0.4) is 0 Å². The van der Waals surface area contributed by atoms with Gasteiger partial charge in [-0.2, -0.15) is 0 Å². The molecule has 0 aliphatic heterocycles. The Labute approximate surface area is 314 Å². The molecule has 0 aromatic rings. The SMILES string of the molecule is CCCCCCCC/C=C/CCCCCCCCCCCC(=O)O[C@H](COC(=O)CCCCCCCCCC)COP(=O)([O-])OCC[N+](C)(C)C. The van der Waals surface area contributed by atoms with E-state index in [1.807, 2.05) is 21.1 Å². The second kappa shape index (κ2) is 34.5. The van der Waals surface area contributed by atoms with Crippen LogP contribution >= 0.6 is 7.82 Å². The van der Waals surface area contributed by atoms with Crippen LogP contribution in [0.1, 0.15) is 187 Å². The number of phosphoric ester groups is 1. The van der Waals surface area contributed by atoms with Gasteiger partial charge in [-0.05, 0) is 38.5 Å². The first-order valence-corrected chi connectivity index (χ1v) is 22.4. The van der Waals surface area contributed by atoms with Crippen LogP contribution in [0.2, 0.25) is 0 Å². The van der Waals surface area contributed by atoms with Gasteiger partial charge in [0.1, 0.15) is 19.8 Å². The molecule has 0 saturated heterocycles. The summed E-state index contributed by atoms with van der Waals surface area (Å²) in [6.45, 7) is 4.19. The van der Waals surface area contributed by atoms with Gasteiger partial charge in [-0.3, -0.25) is 14.2 Å². The number of hydrogen-bond acceptors (Lipinski definition) is 8. The zero-order chi connectivity index (χ0) is 37.9. The maximum absolute atomic E-state index is 12.6. The number of phosphoric acid groups is 1. The number of carbonyl (C=O) groups is 2. The highest BCUT2D eigenvalue weighted by Crippen LogP contribution is 2.38. The maximum Gasteiger partial charge on any atom is 0.306 e. The Kier molecular flexibility index (Phi) is 33.7. The first kappa shape index (κ1) is 49.8. The zero-order valence-corrected chi connectivity index (χ0v) is 34.7. The van der Waals surface area contributed by atoms with E-state index in [1.165, 1.54) is 116 Å². The third kappa shape index (κ3) is 38.3. The highest BCUT2D eigenvalue weighted by Gasteiger charge is 2.21. The molecule has 0 aliphatic rings. The minimum atomic E-state index is -4.61. The first-order chi connectivity index (χ1) is 24.5. The molecule has 1 unspecified atom stereocenters. The molecular weight excluding hydrogens is 665 g/mol. The Bertz CT molecular complexity index is 891. The molecule has 0 heterocycles. The molecule has 10 heteroatoms. The van der Waals surface area contributed by atoms with Crippen LogP contribution < -0.4 is 4.89 Å². The van der Waals surface area contributed by atoms with E-state index in [4.69, 9.17) is 18.5 Å². The lowest BCUT2D eigenvalue weighted by atomic mass is 10.1. The molecule has 0 aromatic carbocycles. The van der Waals surface area contributed by atoms with Crippen molar-refractivity contribution in [2.45, 2.75) is 193 Å². The van der Waals surface area contributed by atoms with Gasteiger partial charge < -0.3 is 27.9 Å². The molecule has 0 amide bonds. The Hall–Kier alpha value is -1.25. The second-order valence-electron chi connectivity index (χ2n) is 15.4. The predicted octanol–water partition coefficient (Wildman–Crippen LogP) is 10.8. The number of esters is 2. The van der Waals surface area contributed by atoms with Crippen LogP contribution in [0.15, 0.2) is 12.2 Å². The van der Waals surface area contributed by atoms with Gasteiger partial charge in [-0.15, -0.1) is 0 Å². The van der Waals surface area contributed by atoms with Crippen molar-refractivity contribution in [1.29, 1.82) is 0 Å². The molecule has 0 saturated carbocycles. The number of likely N-dealkylation sites (N-methyl/N-ethyl adjacent to an activating group) is 1. The summed E-state index contributed by atoms with van der Waals surface area (Å²) >= 11 is 0. The number of rotatable bonds is 38. The van der Waals surface area contributed by atoms with Gasteiger partial charge in [0.25, 0.3) is 7.82 Å². The van der Waals surface area contributed by atoms with Crippen molar-refractivity contribution in [3.8, 4) is 0 Å². The molecule has 51 heavy (non-hydrogen) atoms. The third-order valence-electron chi connectivity index (χ3n) is 9.04. The fourth-order valence-electron chi connectivity index (χ4n) is 5.71. The summed E-state index contributed by atoms with van der Waals surface area (Å²) < 4.78 is 33.7. The minimum absolute atomic E-state index is 0.0285. The van der Waals surface area contributed by atoms with Crippen LogP contribution in [0.25, 0.3) is 0 Å². The molecule has 9 nitrogen and oxygen atoms in total. The van der Waals surface area contributed by atoms with Crippen molar-refractivity contribution in [3.63, 3.8) is 0 Å². The predicted molar refractivity (Wildman–Crippen MR) is 208 cm³/mol. The molecule has 0 rings (SSSR count). The fourth-order valence-corrected chi connectivity index (χ4v) is 6.44. The number of ether oxygens (including phenoxy) is 2. The normalized spacial score (nSPS) is 13.8. The molecule has 0 bridgehead atoms. The van der Waals surface area contributed by atoms with Gasteiger partial charge in [-0.25, -0.2) is 0 Å². The number of allylic oxidation sites excluding steroid dienone is 2. The lowest BCUT2D eigenvalue weighted by Crippen LogP contribution is -2.37. The van der Waals surface area contributed by atoms with E-state index >= 15 is 0 Å². The highest BCUT2D eigenvalue weighted by atomic mass is 31.2. The van der Waals surface area contributed by atoms with E-state index in [1.54, 1.807) is 0 Å². The number of hydrogen-bond donors (Lipinski definition) is 0. The summed E-state index contributed by atoms with van der Waals surface area (Å²) in [4.78, 5) is 37.3. The van der Waals surface area contributed by atoms with Gasteiger partial charge in [0.15, 0.2) is 6.10 Å². The molecular formula is C41H80NO8P. The summed E-state index contributed by atoms with van der Waals surface area (Å²) in [6.07, 6.45) is 33.9. The molecule has 0 spiro atoms. The van der Waals surface area contributed by atoms with Gasteiger partial charge in [-0.1, -0.05) is 148 Å². The van der Waals surface area contributed by atoms with Crippen molar-refractivity contribution < 1.29 is 42.1 Å². The molecule has 2 atom stereocenters. The summed E-state index contributed by atoms with van der Waals surface area (Å²) in [5.41, 5.74) is 0. The van der Waals surface area contributed by atoms with Crippen molar-refractivity contribution >= 4 is 19.8 Å². The topological polar surface area (TPSA) is 111 Å². The number of nitrogens with zero attached hydrogens (tertiary/aromatic N) is 1. The summed E-state index contributed by atoms with van der Waals surface area (Å²) in [6, 6.07) is 0. The van der Waals surface area contributed by atoms with E-state index in [-0.39, 0.29) is 32.0 Å². The van der Waals surface area contributed by atoms with Gasteiger partial charge in [0.05, 0.1) is 27.7 Å². The third-order valence-corrected chi connectivity index (χ3v) is 10.00. The Morgan fingerprint density at radius 1 is 0.588 bits per heavy atom. The van der Waals surface area contributed by atoms with Crippen molar-refractivity contribution in [2.75, 3.05) is 47.5 Å². The Morgan fingerprint density at radius 3 is 1.45 bits per heavy atom. The van der Waals surface area contributed by atoms with Crippen LogP contribution in [0.4, 0.5) is 0 Å². The minimum Gasteiger partial charge on any atom is -0.756 e. The van der Waals surface area contributed by atoms with Crippen LogP contribution in [-0.4, -0.2) is 70.0 Å². The van der Waals surface area contributed by atoms with Crippen molar-refractivity contribution in [3.05, 3.63) is 12.2 Å². The van der Waals surface area contributed by atoms with Crippen molar-refractivity contribution in [2.24, 2.45) is 0 Å². The van der Waals surface area contributed by atoms with E-state index in [0.29, 0.717) is 17.4 Å². The summed E-state index contributed by atoms with van der Waals surface area (Å²) in [5.74, 6) is -0.836. The molecule has 0 aliphatic carbocycles. The van der Waals surface area contributed by atoms with Crippen molar-refractivity contribution in [1.82, 2.24) is 0 Å². The summed E-state index contributed by atoms with van der Waals surface area (Å²) in [7, 11) is 1.17. The molecule has 0 radical (unpaired) electrons. The highest BCUT2D eigenvalue weighted by molar-refractivity contribution is 7.45. The lowest BCUT2D eigenvalue weighted by Gasteiger charge is -2.28. The monoisotopic (exact) mass is 746 g/mol. The average molecular weight is 746 g/mol. The number of carbonyl (C=O) groups excluding carboxylic acids is 2. The Morgan fingerprint density at radius 2 is 1.00 bits per heavy atom. The standard InChI is InChI=1S/C41H80NO8P/c1-6-8-10-12-14-16-17-18-19-20-21-22-23-24-25-26-28-30-32-34-41(44)50-39(38-49-51(45,46)48-36-35-42(3,4)5)37-47-40(43)33-31-29-27-15-13-11-9-7-2/h18-19,39H,6-17,20-38H2,1-5H3/b19-18+/t39-/m1/s1. The quantitative estimate of drug-likeness (QED) is 0.0202. The number of unbranched alkanes of at least 4 members (excludes halogenated alkanes) is 22. The Balaban J connectivity index is 4.27. The van der Waals surface area contributed by atoms with Crippen LogP contribution in [-0.2, 0) is 32.7 Å². The van der Waals surface area contributed by atoms with E-state index in [0.717, 1.165) is 38.5 Å². The average Bonchev–Trinajstić information content (AvgIpc) is 3.07. The molecule has 0 N–H and O–H groups in total. The largest absolute Gasteiger partial charge is 0.756 e.